The van der Waals surface area contributed by atoms with Crippen molar-refractivity contribution in [2.75, 3.05) is 0 Å². The van der Waals surface area contributed by atoms with Crippen molar-refractivity contribution >= 4 is 32.7 Å². The first kappa shape index (κ1) is 18.4. The molecular formula is C24H19BrN2O. The van der Waals surface area contributed by atoms with Crippen molar-refractivity contribution < 1.29 is 4.79 Å². The normalized spacial score (nSPS) is 10.8. The van der Waals surface area contributed by atoms with Crippen LogP contribution in [0.2, 0.25) is 0 Å². The van der Waals surface area contributed by atoms with Gasteiger partial charge in [0.15, 0.2) is 0 Å². The molecule has 28 heavy (non-hydrogen) atoms. The van der Waals surface area contributed by atoms with E-state index in [9.17, 15) is 4.79 Å². The van der Waals surface area contributed by atoms with Gasteiger partial charge in [0.05, 0.1) is 16.8 Å². The Kier molecular flexibility index (Phi) is 5.49. The number of nitrogens with one attached hydrogen (secondary N) is 1. The minimum absolute atomic E-state index is 0.0888. The molecule has 3 nitrogen and oxygen atoms in total. The lowest BCUT2D eigenvalue weighted by Gasteiger charge is -2.16. The second-order valence-electron chi connectivity index (χ2n) is 6.50. The van der Waals surface area contributed by atoms with Crippen LogP contribution in [-0.4, -0.2) is 10.9 Å². The molecule has 0 aliphatic carbocycles. The van der Waals surface area contributed by atoms with Gasteiger partial charge in [-0.3, -0.25) is 4.79 Å². The number of para-hydroxylation sites is 1. The molecule has 0 aliphatic heterocycles. The van der Waals surface area contributed by atoms with Crippen molar-refractivity contribution in [2.45, 2.75) is 11.9 Å². The van der Waals surface area contributed by atoms with Crippen LogP contribution in [0.5, 0.6) is 0 Å². The first-order chi connectivity index (χ1) is 13.8. The Morgan fingerprint density at radius 2 is 1.50 bits per heavy atom. The molecular weight excluding hydrogens is 412 g/mol. The Labute approximate surface area is 172 Å². The van der Waals surface area contributed by atoms with Gasteiger partial charge in [-0.15, -0.1) is 0 Å². The lowest BCUT2D eigenvalue weighted by molar-refractivity contribution is 0.0952. The number of amides is 1. The Bertz CT molecular complexity index is 1110. The summed E-state index contributed by atoms with van der Waals surface area (Å²) in [5.41, 5.74) is 5.29. The maximum Gasteiger partial charge on any atom is 0.252 e. The minimum atomic E-state index is -0.0888. The monoisotopic (exact) mass is 430 g/mol. The fraction of sp³-hybridized carbons (Fsp3) is 0.0833. The molecule has 1 amide bonds. The predicted molar refractivity (Wildman–Crippen MR) is 117 cm³/mol. The van der Waals surface area contributed by atoms with E-state index < -0.39 is 0 Å². The van der Waals surface area contributed by atoms with E-state index in [2.05, 4.69) is 21.2 Å². The number of rotatable bonds is 5. The first-order valence-corrected chi connectivity index (χ1v) is 10.2. The molecule has 0 atom stereocenters. The van der Waals surface area contributed by atoms with Crippen molar-refractivity contribution in [3.8, 4) is 11.3 Å². The second kappa shape index (κ2) is 8.36. The molecule has 4 aromatic rings. The third kappa shape index (κ3) is 3.69. The van der Waals surface area contributed by atoms with E-state index in [-0.39, 0.29) is 5.91 Å². The van der Waals surface area contributed by atoms with E-state index in [1.165, 1.54) is 0 Å². The number of hydrogen-bond donors (Lipinski definition) is 1. The third-order valence-corrected chi connectivity index (χ3v) is 5.26. The molecule has 4 rings (SSSR count). The van der Waals surface area contributed by atoms with Crippen molar-refractivity contribution in [1.29, 1.82) is 0 Å². The van der Waals surface area contributed by atoms with Crippen molar-refractivity contribution in [1.82, 2.24) is 10.3 Å². The summed E-state index contributed by atoms with van der Waals surface area (Å²) in [5, 5.41) is 4.48. The van der Waals surface area contributed by atoms with E-state index in [0.717, 1.165) is 33.3 Å². The Morgan fingerprint density at radius 1 is 0.857 bits per heavy atom. The number of carbonyl (C=O) groups is 1. The lowest BCUT2D eigenvalue weighted by atomic mass is 9.97. The second-order valence-corrected chi connectivity index (χ2v) is 7.06. The van der Waals surface area contributed by atoms with Gasteiger partial charge in [-0.1, -0.05) is 94.8 Å². The standard InChI is InChI=1S/C24H19BrN2O/c25-15-20-22(24(28)26-16-17-9-3-1-4-10-17)19-13-7-8-14-21(19)27-23(20)18-11-5-2-6-12-18/h1-14H,15-16H2,(H,26,28). The predicted octanol–water partition coefficient (Wildman–Crippen LogP) is 5.73. The van der Waals surface area contributed by atoms with Gasteiger partial charge in [-0.2, -0.15) is 0 Å². The van der Waals surface area contributed by atoms with Crippen LogP contribution in [0.25, 0.3) is 22.2 Å². The number of aromatic nitrogens is 1. The molecule has 0 saturated carbocycles. The highest BCUT2D eigenvalue weighted by Gasteiger charge is 2.20. The summed E-state index contributed by atoms with van der Waals surface area (Å²) in [5.74, 6) is -0.0888. The fourth-order valence-corrected chi connectivity index (χ4v) is 3.89. The van der Waals surface area contributed by atoms with Gasteiger partial charge in [-0.05, 0) is 11.6 Å². The van der Waals surface area contributed by atoms with Crippen LogP contribution >= 0.6 is 15.9 Å². The molecule has 0 unspecified atom stereocenters. The summed E-state index contributed by atoms with van der Waals surface area (Å²) >= 11 is 3.59. The van der Waals surface area contributed by atoms with Crippen LogP contribution in [0.1, 0.15) is 21.5 Å². The van der Waals surface area contributed by atoms with Crippen LogP contribution in [0.15, 0.2) is 84.9 Å². The van der Waals surface area contributed by atoms with Crippen LogP contribution in [-0.2, 0) is 11.9 Å². The Balaban J connectivity index is 1.82. The van der Waals surface area contributed by atoms with Crippen LogP contribution < -0.4 is 5.32 Å². The van der Waals surface area contributed by atoms with Gasteiger partial charge < -0.3 is 5.32 Å². The van der Waals surface area contributed by atoms with E-state index in [1.807, 2.05) is 84.9 Å². The summed E-state index contributed by atoms with van der Waals surface area (Å²) in [4.78, 5) is 18.1. The quantitative estimate of drug-likeness (QED) is 0.411. The first-order valence-electron chi connectivity index (χ1n) is 9.13. The number of carbonyl (C=O) groups excluding carboxylic acids is 1. The molecule has 0 fully saturated rings. The molecule has 0 radical (unpaired) electrons. The molecule has 1 aromatic heterocycles. The van der Waals surface area contributed by atoms with Crippen LogP contribution in [0.3, 0.4) is 0 Å². The van der Waals surface area contributed by atoms with E-state index in [0.29, 0.717) is 17.4 Å². The molecule has 3 aromatic carbocycles. The van der Waals surface area contributed by atoms with Gasteiger partial charge in [0.25, 0.3) is 5.91 Å². The van der Waals surface area contributed by atoms with Crippen molar-refractivity contribution in [3.05, 3.63) is 102 Å². The van der Waals surface area contributed by atoms with Crippen molar-refractivity contribution in [2.24, 2.45) is 0 Å². The average molecular weight is 431 g/mol. The maximum atomic E-state index is 13.2. The number of hydrogen-bond acceptors (Lipinski definition) is 2. The van der Waals surface area contributed by atoms with E-state index in [4.69, 9.17) is 4.98 Å². The van der Waals surface area contributed by atoms with Crippen molar-refractivity contribution in [3.63, 3.8) is 0 Å². The lowest BCUT2D eigenvalue weighted by Crippen LogP contribution is -2.24. The fourth-order valence-electron chi connectivity index (χ4n) is 3.34. The summed E-state index contributed by atoms with van der Waals surface area (Å²) in [7, 11) is 0. The van der Waals surface area contributed by atoms with Gasteiger partial charge in [0.2, 0.25) is 0 Å². The smallest absolute Gasteiger partial charge is 0.252 e. The zero-order chi connectivity index (χ0) is 19.3. The SMILES string of the molecule is O=C(NCc1ccccc1)c1c(CBr)c(-c2ccccc2)nc2ccccc12. The molecule has 4 heteroatoms. The maximum absolute atomic E-state index is 13.2. The summed E-state index contributed by atoms with van der Waals surface area (Å²) in [6, 6.07) is 27.7. The molecule has 1 N–H and O–H groups in total. The highest BCUT2D eigenvalue weighted by Crippen LogP contribution is 2.31. The van der Waals surface area contributed by atoms with Crippen LogP contribution in [0, 0.1) is 0 Å². The highest BCUT2D eigenvalue weighted by molar-refractivity contribution is 9.08. The molecule has 138 valence electrons. The van der Waals surface area contributed by atoms with Gasteiger partial charge in [-0.25, -0.2) is 4.98 Å². The topological polar surface area (TPSA) is 42.0 Å². The zero-order valence-electron chi connectivity index (χ0n) is 15.2. The molecule has 0 spiro atoms. The molecule has 0 bridgehead atoms. The van der Waals surface area contributed by atoms with Gasteiger partial charge in [0, 0.05) is 28.4 Å². The van der Waals surface area contributed by atoms with Crippen LogP contribution in [0.4, 0.5) is 0 Å². The molecule has 0 aliphatic rings. The largest absolute Gasteiger partial charge is 0.348 e. The summed E-state index contributed by atoms with van der Waals surface area (Å²) < 4.78 is 0. The summed E-state index contributed by atoms with van der Waals surface area (Å²) in [6.07, 6.45) is 0. The highest BCUT2D eigenvalue weighted by atomic mass is 79.9. The number of pyridine rings is 1. The summed E-state index contributed by atoms with van der Waals surface area (Å²) in [6.45, 7) is 0.485. The third-order valence-electron chi connectivity index (χ3n) is 4.70. The molecule has 1 heterocycles. The average Bonchev–Trinajstić information content (AvgIpc) is 2.77. The van der Waals surface area contributed by atoms with Gasteiger partial charge in [0.1, 0.15) is 0 Å². The van der Waals surface area contributed by atoms with Gasteiger partial charge >= 0.3 is 0 Å². The zero-order valence-corrected chi connectivity index (χ0v) is 16.8. The van der Waals surface area contributed by atoms with E-state index in [1.54, 1.807) is 0 Å². The Hall–Kier alpha value is -2.98. The minimum Gasteiger partial charge on any atom is -0.348 e. The Morgan fingerprint density at radius 3 is 2.21 bits per heavy atom. The van der Waals surface area contributed by atoms with E-state index >= 15 is 0 Å². The molecule has 0 saturated heterocycles. The number of alkyl halides is 1. The number of halogens is 1. The number of benzene rings is 3. The number of fused-ring (bicyclic) bond motifs is 1. The number of nitrogens with zero attached hydrogens (tertiary/aromatic N) is 1.